The Balaban J connectivity index is 1.83. The van der Waals surface area contributed by atoms with Crippen LogP contribution in [0.3, 0.4) is 0 Å². The van der Waals surface area contributed by atoms with Gasteiger partial charge in [-0.2, -0.15) is 0 Å². The van der Waals surface area contributed by atoms with E-state index in [1.54, 1.807) is 0 Å². The Morgan fingerprint density at radius 2 is 1.65 bits per heavy atom. The van der Waals surface area contributed by atoms with Crippen molar-refractivity contribution in [2.75, 3.05) is 23.4 Å². The van der Waals surface area contributed by atoms with Crippen LogP contribution in [0, 0.1) is 5.92 Å². The molecule has 26 heavy (non-hydrogen) atoms. The molecule has 2 atom stereocenters. The topological polar surface area (TPSA) is 40.6 Å². The molecule has 2 amide bonds. The molecule has 1 fully saturated rings. The number of carbonyl (C=O) groups excluding carboxylic acids is 2. The van der Waals surface area contributed by atoms with E-state index in [4.69, 9.17) is 0 Å². The van der Waals surface area contributed by atoms with Crippen molar-refractivity contribution >= 4 is 23.2 Å². The average Bonchev–Trinajstić information content (AvgIpc) is 2.85. The van der Waals surface area contributed by atoms with Crippen LogP contribution in [0.15, 0.2) is 48.5 Å². The van der Waals surface area contributed by atoms with Crippen LogP contribution in [0.25, 0.3) is 0 Å². The minimum absolute atomic E-state index is 0.00861. The molecule has 0 spiro atoms. The Kier molecular flexibility index (Phi) is 3.69. The van der Waals surface area contributed by atoms with Crippen LogP contribution >= 0.6 is 0 Å². The molecule has 4 heteroatoms. The summed E-state index contributed by atoms with van der Waals surface area (Å²) in [7, 11) is 1.99. The van der Waals surface area contributed by atoms with Gasteiger partial charge < -0.3 is 4.90 Å². The third-order valence-electron chi connectivity index (χ3n) is 5.55. The van der Waals surface area contributed by atoms with Crippen molar-refractivity contribution < 1.29 is 9.59 Å². The third-order valence-corrected chi connectivity index (χ3v) is 5.55. The predicted molar refractivity (Wildman–Crippen MR) is 104 cm³/mol. The molecule has 1 saturated heterocycles. The lowest BCUT2D eigenvalue weighted by atomic mass is 9.79. The second kappa shape index (κ2) is 5.70. The Bertz CT molecular complexity index is 883. The summed E-state index contributed by atoms with van der Waals surface area (Å²) in [5.41, 5.74) is 3.87. The van der Waals surface area contributed by atoms with Crippen molar-refractivity contribution in [3.05, 3.63) is 59.7 Å². The van der Waals surface area contributed by atoms with Gasteiger partial charge in [0.15, 0.2) is 0 Å². The normalized spacial score (nSPS) is 22.5. The number of rotatable bonds is 1. The first-order valence-electron chi connectivity index (χ1n) is 9.07. The van der Waals surface area contributed by atoms with Gasteiger partial charge in [0.2, 0.25) is 11.8 Å². The zero-order chi connectivity index (χ0) is 18.6. The van der Waals surface area contributed by atoms with E-state index in [0.717, 1.165) is 11.3 Å². The molecular formula is C22H24N2O2. The summed E-state index contributed by atoms with van der Waals surface area (Å²) in [5, 5.41) is 0. The maximum Gasteiger partial charge on any atom is 0.242 e. The maximum absolute atomic E-state index is 13.3. The van der Waals surface area contributed by atoms with Crippen LogP contribution in [-0.2, 0) is 15.0 Å². The molecule has 0 radical (unpaired) electrons. The van der Waals surface area contributed by atoms with E-state index in [1.807, 2.05) is 37.4 Å². The van der Waals surface area contributed by atoms with Gasteiger partial charge in [0.1, 0.15) is 0 Å². The number of amides is 2. The molecule has 4 rings (SSSR count). The van der Waals surface area contributed by atoms with Crippen LogP contribution < -0.4 is 9.80 Å². The number of anilines is 2. The molecular weight excluding hydrogens is 324 g/mol. The molecule has 4 nitrogen and oxygen atoms in total. The number of carbonyl (C=O) groups is 2. The van der Waals surface area contributed by atoms with Gasteiger partial charge in [0.25, 0.3) is 0 Å². The zero-order valence-corrected chi connectivity index (χ0v) is 15.7. The zero-order valence-electron chi connectivity index (χ0n) is 15.7. The van der Waals surface area contributed by atoms with Crippen molar-refractivity contribution in [1.29, 1.82) is 0 Å². The molecule has 2 aliphatic rings. The smallest absolute Gasteiger partial charge is 0.242 e. The first-order chi connectivity index (χ1) is 12.3. The fourth-order valence-corrected chi connectivity index (χ4v) is 4.10. The van der Waals surface area contributed by atoms with Gasteiger partial charge >= 0.3 is 0 Å². The molecule has 0 unspecified atom stereocenters. The lowest BCUT2D eigenvalue weighted by molar-refractivity contribution is -0.122. The average molecular weight is 348 g/mol. The van der Waals surface area contributed by atoms with Crippen LogP contribution in [0.5, 0.6) is 0 Å². The molecule has 2 aromatic rings. The van der Waals surface area contributed by atoms with Crippen molar-refractivity contribution in [2.45, 2.75) is 32.1 Å². The highest BCUT2D eigenvalue weighted by Crippen LogP contribution is 2.46. The number of para-hydroxylation sites is 1. The molecule has 0 saturated carbocycles. The molecule has 2 aliphatic heterocycles. The fourth-order valence-electron chi connectivity index (χ4n) is 4.10. The van der Waals surface area contributed by atoms with Crippen molar-refractivity contribution in [3.63, 3.8) is 0 Å². The van der Waals surface area contributed by atoms with Crippen LogP contribution in [0.1, 0.15) is 37.8 Å². The van der Waals surface area contributed by atoms with Crippen LogP contribution in [0.2, 0.25) is 0 Å². The minimum Gasteiger partial charge on any atom is -0.374 e. The van der Waals surface area contributed by atoms with Gasteiger partial charge in [-0.25, -0.2) is 4.90 Å². The van der Waals surface area contributed by atoms with Gasteiger partial charge in [-0.3, -0.25) is 9.59 Å². The van der Waals surface area contributed by atoms with Crippen molar-refractivity contribution in [3.8, 4) is 0 Å². The Morgan fingerprint density at radius 1 is 0.962 bits per heavy atom. The minimum atomic E-state index is -0.392. The monoisotopic (exact) mass is 348 g/mol. The Morgan fingerprint density at radius 3 is 2.31 bits per heavy atom. The fraction of sp³-hybridized carbons (Fsp3) is 0.364. The molecule has 0 aliphatic carbocycles. The van der Waals surface area contributed by atoms with Crippen molar-refractivity contribution in [1.82, 2.24) is 0 Å². The summed E-state index contributed by atoms with van der Waals surface area (Å²) in [6.07, 6.45) is 0. The highest BCUT2D eigenvalue weighted by Gasteiger charge is 2.52. The van der Waals surface area contributed by atoms with Gasteiger partial charge in [-0.1, -0.05) is 51.1 Å². The second-order valence-electron chi connectivity index (χ2n) is 8.34. The second-order valence-corrected chi connectivity index (χ2v) is 8.34. The number of hydrogen-bond acceptors (Lipinski definition) is 3. The lowest BCUT2D eigenvalue weighted by Crippen LogP contribution is -2.37. The highest BCUT2D eigenvalue weighted by atomic mass is 16.2. The van der Waals surface area contributed by atoms with Crippen LogP contribution in [-0.4, -0.2) is 25.4 Å². The van der Waals surface area contributed by atoms with E-state index < -0.39 is 5.92 Å². The number of benzene rings is 2. The first kappa shape index (κ1) is 16.8. The van der Waals surface area contributed by atoms with E-state index in [2.05, 4.69) is 43.9 Å². The third kappa shape index (κ3) is 2.44. The van der Waals surface area contributed by atoms with E-state index >= 15 is 0 Å². The quantitative estimate of drug-likeness (QED) is 0.738. The maximum atomic E-state index is 13.3. The number of fused-ring (bicyclic) bond motifs is 3. The molecule has 0 aromatic heterocycles. The standard InChI is InChI=1S/C22H24N2O2/c1-22(2,3)14-10-11-18-16(12-14)19-17(13-23(18)4)20(25)24(21(19)26)15-8-6-5-7-9-15/h5-12,17,19H,13H2,1-4H3/t17-,19+/m0/s1. The Hall–Kier alpha value is -2.62. The van der Waals surface area contributed by atoms with Gasteiger partial charge in [-0.05, 0) is 34.7 Å². The summed E-state index contributed by atoms with van der Waals surface area (Å²) >= 11 is 0. The van der Waals surface area contributed by atoms with Gasteiger partial charge in [-0.15, -0.1) is 0 Å². The van der Waals surface area contributed by atoms with E-state index in [0.29, 0.717) is 12.2 Å². The van der Waals surface area contributed by atoms with E-state index in [9.17, 15) is 9.59 Å². The van der Waals surface area contributed by atoms with Gasteiger partial charge in [0.05, 0.1) is 17.5 Å². The summed E-state index contributed by atoms with van der Waals surface area (Å²) < 4.78 is 0. The predicted octanol–water partition coefficient (Wildman–Crippen LogP) is 3.71. The molecule has 0 N–H and O–H groups in total. The largest absolute Gasteiger partial charge is 0.374 e. The summed E-state index contributed by atoms with van der Waals surface area (Å²) in [4.78, 5) is 29.8. The highest BCUT2D eigenvalue weighted by molar-refractivity contribution is 6.24. The molecule has 2 heterocycles. The van der Waals surface area contributed by atoms with E-state index in [-0.39, 0.29) is 23.1 Å². The number of hydrogen-bond donors (Lipinski definition) is 0. The molecule has 0 bridgehead atoms. The summed E-state index contributed by atoms with van der Waals surface area (Å²) in [5.74, 6) is -0.914. The van der Waals surface area contributed by atoms with Crippen molar-refractivity contribution in [2.24, 2.45) is 5.92 Å². The summed E-state index contributed by atoms with van der Waals surface area (Å²) in [6, 6.07) is 15.6. The Labute approximate surface area is 154 Å². The molecule has 2 aromatic carbocycles. The van der Waals surface area contributed by atoms with Crippen LogP contribution in [0.4, 0.5) is 11.4 Å². The SMILES string of the molecule is CN1C[C@@H]2C(=O)N(c3ccccc3)C(=O)[C@@H]2c2cc(C(C)(C)C)ccc21. The molecule has 134 valence electrons. The summed E-state index contributed by atoms with van der Waals surface area (Å²) in [6.45, 7) is 7.06. The number of nitrogens with zero attached hydrogens (tertiary/aromatic N) is 2. The van der Waals surface area contributed by atoms with Gasteiger partial charge in [0, 0.05) is 19.3 Å². The lowest BCUT2D eigenvalue weighted by Gasteiger charge is -2.34. The van der Waals surface area contributed by atoms with E-state index in [1.165, 1.54) is 10.5 Å². The number of imide groups is 1. The first-order valence-corrected chi connectivity index (χ1v) is 9.07.